The summed E-state index contributed by atoms with van der Waals surface area (Å²) in [4.78, 5) is 0. The van der Waals surface area contributed by atoms with Crippen LogP contribution in [-0.2, 0) is 4.74 Å². The highest BCUT2D eigenvalue weighted by atomic mass is 32.1. The standard InChI is InChI=1S/C18H25N3OS/c23-18(19-13-15-9-6-12-22-15)21-20-17-11-5-4-10-16(17)14-7-2-1-3-8-14/h1-3,7-8,15-16H,4-6,9-13H2,(H2,19,21,23)/t15-,16-/m0/s1. The third-order valence-electron chi connectivity index (χ3n) is 4.60. The summed E-state index contributed by atoms with van der Waals surface area (Å²) in [6, 6.07) is 10.6. The second-order valence-electron chi connectivity index (χ2n) is 6.27. The lowest BCUT2D eigenvalue weighted by atomic mass is 9.82. The third kappa shape index (κ3) is 4.75. The van der Waals surface area contributed by atoms with Gasteiger partial charge in [0, 0.05) is 24.8 Å². The van der Waals surface area contributed by atoms with Crippen molar-refractivity contribution in [1.29, 1.82) is 0 Å². The summed E-state index contributed by atoms with van der Waals surface area (Å²) in [7, 11) is 0. The van der Waals surface area contributed by atoms with Crippen molar-refractivity contribution in [3.63, 3.8) is 0 Å². The molecule has 1 aliphatic heterocycles. The predicted octanol–water partition coefficient (Wildman–Crippen LogP) is 3.34. The maximum absolute atomic E-state index is 5.59. The molecule has 1 aromatic rings. The fourth-order valence-electron chi connectivity index (χ4n) is 3.35. The van der Waals surface area contributed by atoms with Crippen LogP contribution in [0, 0.1) is 0 Å². The van der Waals surface area contributed by atoms with E-state index in [0.717, 1.165) is 32.4 Å². The Balaban J connectivity index is 1.54. The average Bonchev–Trinajstić information content (AvgIpc) is 3.13. The molecule has 2 atom stereocenters. The molecule has 3 rings (SSSR count). The molecule has 0 aromatic heterocycles. The van der Waals surface area contributed by atoms with E-state index in [1.54, 1.807) is 0 Å². The maximum atomic E-state index is 5.59. The average molecular weight is 331 g/mol. The van der Waals surface area contributed by atoms with Crippen LogP contribution in [0.2, 0.25) is 0 Å². The van der Waals surface area contributed by atoms with Gasteiger partial charge < -0.3 is 10.1 Å². The number of benzene rings is 1. The van der Waals surface area contributed by atoms with Crippen LogP contribution in [-0.4, -0.2) is 30.1 Å². The molecule has 0 bridgehead atoms. The van der Waals surface area contributed by atoms with Gasteiger partial charge in [-0.25, -0.2) is 0 Å². The molecule has 2 aliphatic rings. The Morgan fingerprint density at radius 1 is 1.17 bits per heavy atom. The van der Waals surface area contributed by atoms with Gasteiger partial charge in [0.15, 0.2) is 5.11 Å². The number of hydrazone groups is 1. The number of nitrogens with one attached hydrogen (secondary N) is 2. The van der Waals surface area contributed by atoms with Crippen LogP contribution in [0.15, 0.2) is 35.4 Å². The molecule has 1 heterocycles. The van der Waals surface area contributed by atoms with Gasteiger partial charge in [-0.3, -0.25) is 5.43 Å². The topological polar surface area (TPSA) is 45.6 Å². The van der Waals surface area contributed by atoms with Gasteiger partial charge in [0.25, 0.3) is 0 Å². The molecule has 1 aliphatic carbocycles. The van der Waals surface area contributed by atoms with Crippen LogP contribution in [0.1, 0.15) is 50.0 Å². The van der Waals surface area contributed by atoms with Crippen LogP contribution < -0.4 is 10.7 Å². The Morgan fingerprint density at radius 2 is 2.04 bits per heavy atom. The largest absolute Gasteiger partial charge is 0.376 e. The Kier molecular flexibility index (Phi) is 6.00. The summed E-state index contributed by atoms with van der Waals surface area (Å²) >= 11 is 5.33. The van der Waals surface area contributed by atoms with Crippen molar-refractivity contribution < 1.29 is 4.74 Å². The van der Waals surface area contributed by atoms with E-state index < -0.39 is 0 Å². The first-order valence-electron chi connectivity index (χ1n) is 8.60. The quantitative estimate of drug-likeness (QED) is 0.656. The van der Waals surface area contributed by atoms with Crippen molar-refractivity contribution in [1.82, 2.24) is 10.7 Å². The Labute approximate surface area is 143 Å². The fraction of sp³-hybridized carbons (Fsp3) is 0.556. The number of nitrogens with zero attached hydrogens (tertiary/aromatic N) is 1. The summed E-state index contributed by atoms with van der Waals surface area (Å²) in [6.07, 6.45) is 7.23. The molecule has 4 nitrogen and oxygen atoms in total. The number of thiocarbonyl (C=S) groups is 1. The monoisotopic (exact) mass is 331 g/mol. The summed E-state index contributed by atoms with van der Waals surface area (Å²) in [5.74, 6) is 0.415. The van der Waals surface area contributed by atoms with E-state index in [-0.39, 0.29) is 6.10 Å². The highest BCUT2D eigenvalue weighted by molar-refractivity contribution is 7.80. The molecule has 2 fully saturated rings. The molecule has 1 saturated heterocycles. The van der Waals surface area contributed by atoms with E-state index in [1.165, 1.54) is 30.5 Å². The fourth-order valence-corrected chi connectivity index (χ4v) is 3.48. The highest BCUT2D eigenvalue weighted by Crippen LogP contribution is 2.30. The summed E-state index contributed by atoms with van der Waals surface area (Å²) in [5.41, 5.74) is 5.59. The second-order valence-corrected chi connectivity index (χ2v) is 6.68. The van der Waals surface area contributed by atoms with Gasteiger partial charge in [-0.15, -0.1) is 0 Å². The molecule has 0 spiro atoms. The lowest BCUT2D eigenvalue weighted by Gasteiger charge is -2.24. The number of hydrogen-bond acceptors (Lipinski definition) is 3. The minimum absolute atomic E-state index is 0.286. The molecule has 23 heavy (non-hydrogen) atoms. The van der Waals surface area contributed by atoms with E-state index >= 15 is 0 Å². The van der Waals surface area contributed by atoms with Gasteiger partial charge in [-0.2, -0.15) is 5.10 Å². The molecular formula is C18H25N3OS. The first kappa shape index (κ1) is 16.4. The van der Waals surface area contributed by atoms with Crippen LogP contribution in [0.3, 0.4) is 0 Å². The number of rotatable bonds is 4. The van der Waals surface area contributed by atoms with Gasteiger partial charge in [-0.1, -0.05) is 36.8 Å². The normalized spacial score (nSPS) is 26.2. The maximum Gasteiger partial charge on any atom is 0.187 e. The van der Waals surface area contributed by atoms with E-state index in [2.05, 4.69) is 46.2 Å². The van der Waals surface area contributed by atoms with Crippen LogP contribution >= 0.6 is 12.2 Å². The van der Waals surface area contributed by atoms with Crippen molar-refractivity contribution >= 4 is 23.0 Å². The van der Waals surface area contributed by atoms with Crippen molar-refractivity contribution in [2.75, 3.05) is 13.2 Å². The molecule has 5 heteroatoms. The highest BCUT2D eigenvalue weighted by Gasteiger charge is 2.22. The van der Waals surface area contributed by atoms with E-state index in [0.29, 0.717) is 11.0 Å². The van der Waals surface area contributed by atoms with E-state index in [9.17, 15) is 0 Å². The van der Waals surface area contributed by atoms with Crippen LogP contribution in [0.5, 0.6) is 0 Å². The Morgan fingerprint density at radius 3 is 2.83 bits per heavy atom. The molecule has 124 valence electrons. The second kappa shape index (κ2) is 8.41. The van der Waals surface area contributed by atoms with Crippen molar-refractivity contribution in [3.8, 4) is 0 Å². The van der Waals surface area contributed by atoms with Crippen molar-refractivity contribution in [2.45, 2.75) is 50.5 Å². The zero-order valence-electron chi connectivity index (χ0n) is 13.5. The summed E-state index contributed by atoms with van der Waals surface area (Å²) < 4.78 is 5.59. The molecule has 0 amide bonds. The minimum atomic E-state index is 0.286. The number of hydrogen-bond donors (Lipinski definition) is 2. The van der Waals surface area contributed by atoms with Crippen molar-refractivity contribution in [3.05, 3.63) is 35.9 Å². The molecule has 1 aromatic carbocycles. The predicted molar refractivity (Wildman–Crippen MR) is 97.8 cm³/mol. The lowest BCUT2D eigenvalue weighted by molar-refractivity contribution is 0.114. The first-order valence-corrected chi connectivity index (χ1v) is 9.00. The SMILES string of the molecule is S=C(NC[C@@H]1CCCO1)NN=C1CCCC[C@H]1c1ccccc1. The Hall–Kier alpha value is -1.46. The summed E-state index contributed by atoms with van der Waals surface area (Å²) in [5, 5.41) is 8.40. The third-order valence-corrected chi connectivity index (χ3v) is 4.83. The molecule has 0 radical (unpaired) electrons. The minimum Gasteiger partial charge on any atom is -0.376 e. The van der Waals surface area contributed by atoms with Gasteiger partial charge in [0.1, 0.15) is 0 Å². The van der Waals surface area contributed by atoms with Crippen molar-refractivity contribution in [2.24, 2.45) is 5.10 Å². The van der Waals surface area contributed by atoms with Crippen LogP contribution in [0.4, 0.5) is 0 Å². The molecule has 0 unspecified atom stereocenters. The van der Waals surface area contributed by atoms with Gasteiger partial charge in [0.2, 0.25) is 0 Å². The zero-order valence-corrected chi connectivity index (χ0v) is 14.3. The molecular weight excluding hydrogens is 306 g/mol. The van der Waals surface area contributed by atoms with E-state index in [4.69, 9.17) is 17.0 Å². The van der Waals surface area contributed by atoms with Crippen LogP contribution in [0.25, 0.3) is 0 Å². The van der Waals surface area contributed by atoms with Gasteiger partial charge >= 0.3 is 0 Å². The van der Waals surface area contributed by atoms with Gasteiger partial charge in [-0.05, 0) is 49.9 Å². The number of ether oxygens (including phenoxy) is 1. The molecule has 2 N–H and O–H groups in total. The lowest BCUT2D eigenvalue weighted by Crippen LogP contribution is -2.38. The molecule has 1 saturated carbocycles. The smallest absolute Gasteiger partial charge is 0.187 e. The first-order chi connectivity index (χ1) is 11.3. The Bertz CT molecular complexity index is 540. The van der Waals surface area contributed by atoms with E-state index in [1.807, 2.05) is 0 Å². The zero-order chi connectivity index (χ0) is 15.9. The summed E-state index contributed by atoms with van der Waals surface area (Å²) in [6.45, 7) is 1.63. The van der Waals surface area contributed by atoms with Gasteiger partial charge in [0.05, 0.1) is 6.10 Å².